The molecular weight excluding hydrogens is 474 g/mol. The van der Waals surface area contributed by atoms with Gasteiger partial charge in [-0.2, -0.15) is 0 Å². The Bertz CT molecular complexity index is 800. The first-order valence-electron chi connectivity index (χ1n) is 15.5. The van der Waals surface area contributed by atoms with E-state index in [1.807, 2.05) is 24.3 Å². The van der Waals surface area contributed by atoms with E-state index in [1.165, 1.54) is 96.0 Å². The number of unbranched alkanes of at least 4 members (excludes halogenated alkanes) is 12. The maximum atomic E-state index is 12.8. The molecule has 0 radical (unpaired) electrons. The van der Waals surface area contributed by atoms with Crippen molar-refractivity contribution < 1.29 is 19.4 Å². The number of aliphatic carboxylic acids is 1. The highest BCUT2D eigenvalue weighted by Gasteiger charge is 2.21. The van der Waals surface area contributed by atoms with Crippen LogP contribution in [0.1, 0.15) is 127 Å². The van der Waals surface area contributed by atoms with Crippen LogP contribution in [0, 0.1) is 0 Å². The number of carboxylic acid groups (broad SMARTS) is 1. The fourth-order valence-electron chi connectivity index (χ4n) is 5.39. The van der Waals surface area contributed by atoms with Crippen LogP contribution in [0.4, 0.5) is 0 Å². The van der Waals surface area contributed by atoms with Crippen molar-refractivity contribution in [2.24, 2.45) is 0 Å². The standard InChI is InChI=1S/C33H53NO4/c1-2-3-4-5-6-7-8-9-10-11-12-13-15-22-33(37)38-31(28-34-25-18-14-19-26-34)27-30-21-17-16-20-29(30)23-24-32(35)36/h16-17,20-21,23-24,31H,2-15,18-19,22,25-28H2,1H3,(H,35,36)/b24-23+. The van der Waals surface area contributed by atoms with Gasteiger partial charge in [-0.1, -0.05) is 115 Å². The molecule has 2 rings (SSSR count). The molecule has 1 heterocycles. The Morgan fingerprint density at radius 1 is 0.868 bits per heavy atom. The van der Waals surface area contributed by atoms with Gasteiger partial charge in [0.15, 0.2) is 0 Å². The Morgan fingerprint density at radius 2 is 1.45 bits per heavy atom. The van der Waals surface area contributed by atoms with E-state index in [0.29, 0.717) is 12.8 Å². The minimum atomic E-state index is -0.964. The van der Waals surface area contributed by atoms with Crippen molar-refractivity contribution >= 4 is 18.0 Å². The SMILES string of the molecule is CCCCCCCCCCCCCCCC(=O)OC(Cc1ccccc1/C=C/C(=O)O)CN1CCCCC1. The van der Waals surface area contributed by atoms with Gasteiger partial charge < -0.3 is 9.84 Å². The number of hydrogen-bond donors (Lipinski definition) is 1. The maximum absolute atomic E-state index is 12.8. The topological polar surface area (TPSA) is 66.8 Å². The molecule has 1 aliphatic rings. The first-order valence-corrected chi connectivity index (χ1v) is 15.5. The molecule has 5 nitrogen and oxygen atoms in total. The fourth-order valence-corrected chi connectivity index (χ4v) is 5.39. The first-order chi connectivity index (χ1) is 18.6. The van der Waals surface area contributed by atoms with Crippen LogP contribution in [0.15, 0.2) is 30.3 Å². The molecule has 1 atom stereocenters. The molecule has 0 aromatic heterocycles. The lowest BCUT2D eigenvalue weighted by Crippen LogP contribution is -2.39. The maximum Gasteiger partial charge on any atom is 0.328 e. The minimum absolute atomic E-state index is 0.103. The lowest BCUT2D eigenvalue weighted by Gasteiger charge is -2.30. The summed E-state index contributed by atoms with van der Waals surface area (Å²) in [5.41, 5.74) is 1.88. The zero-order valence-corrected chi connectivity index (χ0v) is 24.0. The Labute approximate surface area is 232 Å². The highest BCUT2D eigenvalue weighted by Crippen LogP contribution is 2.19. The second-order valence-electron chi connectivity index (χ2n) is 11.0. The number of carbonyl (C=O) groups is 2. The number of hydrogen-bond acceptors (Lipinski definition) is 4. The van der Waals surface area contributed by atoms with Gasteiger partial charge in [-0.15, -0.1) is 0 Å². The molecule has 1 aromatic rings. The fraction of sp³-hybridized carbons (Fsp3) is 0.697. The van der Waals surface area contributed by atoms with Crippen molar-refractivity contribution in [2.45, 2.75) is 129 Å². The van der Waals surface area contributed by atoms with Crippen molar-refractivity contribution in [3.8, 4) is 0 Å². The van der Waals surface area contributed by atoms with E-state index in [0.717, 1.165) is 43.6 Å². The van der Waals surface area contributed by atoms with Gasteiger partial charge in [0.05, 0.1) is 0 Å². The molecule has 214 valence electrons. The molecule has 1 aromatic carbocycles. The zero-order chi connectivity index (χ0) is 27.3. The Morgan fingerprint density at radius 3 is 2.05 bits per heavy atom. The van der Waals surface area contributed by atoms with Gasteiger partial charge in [0, 0.05) is 25.5 Å². The predicted molar refractivity (Wildman–Crippen MR) is 157 cm³/mol. The molecule has 5 heteroatoms. The molecule has 1 N–H and O–H groups in total. The van der Waals surface area contributed by atoms with E-state index in [-0.39, 0.29) is 12.1 Å². The minimum Gasteiger partial charge on any atom is -0.478 e. The Kier molecular flexibility index (Phi) is 17.5. The van der Waals surface area contributed by atoms with Crippen molar-refractivity contribution in [1.82, 2.24) is 4.90 Å². The molecule has 0 bridgehead atoms. The summed E-state index contributed by atoms with van der Waals surface area (Å²) in [4.78, 5) is 26.2. The van der Waals surface area contributed by atoms with E-state index < -0.39 is 5.97 Å². The van der Waals surface area contributed by atoms with Crippen LogP contribution < -0.4 is 0 Å². The number of likely N-dealkylation sites (tertiary alicyclic amines) is 1. The largest absolute Gasteiger partial charge is 0.478 e. The number of carbonyl (C=O) groups excluding carboxylic acids is 1. The number of esters is 1. The highest BCUT2D eigenvalue weighted by atomic mass is 16.5. The second-order valence-corrected chi connectivity index (χ2v) is 11.0. The van der Waals surface area contributed by atoms with Gasteiger partial charge in [0.2, 0.25) is 0 Å². The van der Waals surface area contributed by atoms with Crippen molar-refractivity contribution in [3.05, 3.63) is 41.5 Å². The van der Waals surface area contributed by atoms with Crippen LogP contribution in [0.5, 0.6) is 0 Å². The van der Waals surface area contributed by atoms with Gasteiger partial charge in [0.1, 0.15) is 6.10 Å². The number of rotatable bonds is 21. The van der Waals surface area contributed by atoms with Crippen molar-refractivity contribution in [2.75, 3.05) is 19.6 Å². The summed E-state index contributed by atoms with van der Waals surface area (Å²) in [5.74, 6) is -1.07. The molecule has 1 fully saturated rings. The Balaban J connectivity index is 1.71. The number of carboxylic acids is 1. The van der Waals surface area contributed by atoms with Gasteiger partial charge >= 0.3 is 11.9 Å². The number of ether oxygens (including phenoxy) is 1. The predicted octanol–water partition coefficient (Wildman–Crippen LogP) is 8.21. The second kappa shape index (κ2) is 20.8. The first kappa shape index (κ1) is 32.1. The third-order valence-electron chi connectivity index (χ3n) is 7.60. The molecule has 0 spiro atoms. The molecule has 1 aliphatic heterocycles. The van der Waals surface area contributed by atoms with Crippen LogP contribution in [0.3, 0.4) is 0 Å². The number of benzene rings is 1. The zero-order valence-electron chi connectivity index (χ0n) is 24.0. The molecule has 0 saturated carbocycles. The smallest absolute Gasteiger partial charge is 0.328 e. The van der Waals surface area contributed by atoms with Gasteiger partial charge in [0.25, 0.3) is 0 Å². The summed E-state index contributed by atoms with van der Waals surface area (Å²) in [5, 5.41) is 9.04. The molecule has 1 unspecified atom stereocenters. The molecular formula is C33H53NO4. The molecule has 0 amide bonds. The normalized spacial score (nSPS) is 15.1. The summed E-state index contributed by atoms with van der Waals surface area (Å²) in [6.45, 7) is 5.10. The van der Waals surface area contributed by atoms with Gasteiger partial charge in [-0.3, -0.25) is 9.69 Å². The molecule has 1 saturated heterocycles. The summed E-state index contributed by atoms with van der Waals surface area (Å²) in [7, 11) is 0. The third kappa shape index (κ3) is 15.3. The summed E-state index contributed by atoms with van der Waals surface area (Å²) < 4.78 is 6.02. The highest BCUT2D eigenvalue weighted by molar-refractivity contribution is 5.85. The van der Waals surface area contributed by atoms with E-state index in [4.69, 9.17) is 9.84 Å². The van der Waals surface area contributed by atoms with E-state index in [9.17, 15) is 9.59 Å². The van der Waals surface area contributed by atoms with E-state index in [2.05, 4.69) is 11.8 Å². The van der Waals surface area contributed by atoms with Crippen LogP contribution in [-0.4, -0.2) is 47.7 Å². The number of piperidine rings is 1. The van der Waals surface area contributed by atoms with Crippen LogP contribution in [0.2, 0.25) is 0 Å². The van der Waals surface area contributed by atoms with Crippen molar-refractivity contribution in [1.29, 1.82) is 0 Å². The van der Waals surface area contributed by atoms with Crippen LogP contribution >= 0.6 is 0 Å². The number of nitrogens with zero attached hydrogens (tertiary/aromatic N) is 1. The quantitative estimate of drug-likeness (QED) is 0.0991. The van der Waals surface area contributed by atoms with Gasteiger partial charge in [-0.05, 0) is 49.6 Å². The van der Waals surface area contributed by atoms with Crippen molar-refractivity contribution in [3.63, 3.8) is 0 Å². The lowest BCUT2D eigenvalue weighted by atomic mass is 10.00. The monoisotopic (exact) mass is 527 g/mol. The van der Waals surface area contributed by atoms with Gasteiger partial charge in [-0.25, -0.2) is 4.79 Å². The van der Waals surface area contributed by atoms with Crippen LogP contribution in [-0.2, 0) is 20.7 Å². The average Bonchev–Trinajstić information content (AvgIpc) is 2.91. The summed E-state index contributed by atoms with van der Waals surface area (Å²) in [6.07, 6.45) is 24.1. The Hall–Kier alpha value is -2.14. The summed E-state index contributed by atoms with van der Waals surface area (Å²) >= 11 is 0. The molecule has 0 aliphatic carbocycles. The van der Waals surface area contributed by atoms with E-state index >= 15 is 0 Å². The summed E-state index contributed by atoms with van der Waals surface area (Å²) in [6, 6.07) is 7.79. The molecule has 38 heavy (non-hydrogen) atoms. The lowest BCUT2D eigenvalue weighted by molar-refractivity contribution is -0.150. The van der Waals surface area contributed by atoms with Crippen LogP contribution in [0.25, 0.3) is 6.08 Å². The third-order valence-corrected chi connectivity index (χ3v) is 7.60. The average molecular weight is 528 g/mol. The van der Waals surface area contributed by atoms with E-state index in [1.54, 1.807) is 6.08 Å².